The Morgan fingerprint density at radius 3 is 2.32 bits per heavy atom. The Morgan fingerprint density at radius 1 is 0.955 bits per heavy atom. The van der Waals surface area contributed by atoms with Crippen LogP contribution in [0.5, 0.6) is 0 Å². The second-order valence-electron chi connectivity index (χ2n) is 5.11. The molecule has 0 bridgehead atoms. The molecule has 1 aromatic carbocycles. The molecule has 0 spiro atoms. The van der Waals surface area contributed by atoms with Crippen LogP contribution in [0.15, 0.2) is 54.9 Å². The predicted molar refractivity (Wildman–Crippen MR) is 86.3 cm³/mol. The third kappa shape index (κ3) is 3.49. The molecule has 0 radical (unpaired) electrons. The summed E-state index contributed by atoms with van der Waals surface area (Å²) >= 11 is 0. The first-order valence-electron chi connectivity index (χ1n) is 7.37. The smallest absolute Gasteiger partial charge is 0.246 e. The summed E-state index contributed by atoms with van der Waals surface area (Å²) in [4.78, 5) is 24.7. The van der Waals surface area contributed by atoms with Crippen molar-refractivity contribution in [2.45, 2.75) is 0 Å². The van der Waals surface area contributed by atoms with Gasteiger partial charge in [0.25, 0.3) is 0 Å². The van der Waals surface area contributed by atoms with Gasteiger partial charge in [-0.15, -0.1) is 0 Å². The predicted octanol–water partition coefficient (Wildman–Crippen LogP) is 1.84. The van der Waals surface area contributed by atoms with Crippen LogP contribution >= 0.6 is 0 Å². The first kappa shape index (κ1) is 14.3. The van der Waals surface area contributed by atoms with E-state index in [1.165, 1.54) is 0 Å². The van der Waals surface area contributed by atoms with Gasteiger partial charge in [0.05, 0.1) is 0 Å². The number of carbonyl (C=O) groups excluding carboxylic acids is 1. The maximum Gasteiger partial charge on any atom is 0.246 e. The summed E-state index contributed by atoms with van der Waals surface area (Å²) in [6.07, 6.45) is 6.98. The van der Waals surface area contributed by atoms with Crippen molar-refractivity contribution in [2.75, 3.05) is 31.1 Å². The normalized spacial score (nSPS) is 15.3. The highest BCUT2D eigenvalue weighted by molar-refractivity contribution is 5.91. The molecule has 2 aromatic rings. The SMILES string of the molecule is O=C(C=Cc1ccccc1)N1CCN(c2ncccn2)CC1. The Labute approximate surface area is 129 Å². The van der Waals surface area contributed by atoms with Crippen molar-refractivity contribution in [3.63, 3.8) is 0 Å². The fourth-order valence-electron chi connectivity index (χ4n) is 2.42. The van der Waals surface area contributed by atoms with Gasteiger partial charge in [0.15, 0.2) is 0 Å². The molecule has 3 rings (SSSR count). The van der Waals surface area contributed by atoms with Crippen LogP contribution in [0.4, 0.5) is 5.95 Å². The largest absolute Gasteiger partial charge is 0.337 e. The Bertz CT molecular complexity index is 634. The molecule has 2 heterocycles. The number of hydrogen-bond acceptors (Lipinski definition) is 4. The number of rotatable bonds is 3. The van der Waals surface area contributed by atoms with Crippen LogP contribution in [0.2, 0.25) is 0 Å². The van der Waals surface area contributed by atoms with E-state index in [1.807, 2.05) is 41.3 Å². The number of hydrogen-bond donors (Lipinski definition) is 0. The van der Waals surface area contributed by atoms with Crippen molar-refractivity contribution in [3.8, 4) is 0 Å². The third-order valence-corrected chi connectivity index (χ3v) is 3.64. The molecular weight excluding hydrogens is 276 g/mol. The number of nitrogens with zero attached hydrogens (tertiary/aromatic N) is 4. The summed E-state index contributed by atoms with van der Waals surface area (Å²) in [7, 11) is 0. The van der Waals surface area contributed by atoms with E-state index in [2.05, 4.69) is 14.9 Å². The van der Waals surface area contributed by atoms with Crippen molar-refractivity contribution in [1.29, 1.82) is 0 Å². The summed E-state index contributed by atoms with van der Waals surface area (Å²) in [6.45, 7) is 2.90. The van der Waals surface area contributed by atoms with Gasteiger partial charge in [-0.25, -0.2) is 9.97 Å². The maximum atomic E-state index is 12.2. The van der Waals surface area contributed by atoms with Crippen molar-refractivity contribution in [3.05, 3.63) is 60.4 Å². The van der Waals surface area contributed by atoms with E-state index in [0.717, 1.165) is 24.6 Å². The quantitative estimate of drug-likeness (QED) is 0.811. The van der Waals surface area contributed by atoms with E-state index in [-0.39, 0.29) is 5.91 Å². The van der Waals surface area contributed by atoms with Crippen molar-refractivity contribution >= 4 is 17.9 Å². The average Bonchev–Trinajstić information content (AvgIpc) is 2.61. The molecule has 1 fully saturated rings. The zero-order valence-corrected chi connectivity index (χ0v) is 12.3. The van der Waals surface area contributed by atoms with Crippen LogP contribution in [-0.4, -0.2) is 47.0 Å². The number of carbonyl (C=O) groups is 1. The van der Waals surface area contributed by atoms with Crippen LogP contribution < -0.4 is 4.90 Å². The summed E-state index contributed by atoms with van der Waals surface area (Å²) in [5.74, 6) is 0.784. The number of amides is 1. The number of anilines is 1. The Morgan fingerprint density at radius 2 is 1.64 bits per heavy atom. The molecule has 1 aromatic heterocycles. The number of aromatic nitrogens is 2. The molecule has 1 amide bonds. The highest BCUT2D eigenvalue weighted by Gasteiger charge is 2.20. The molecule has 0 aliphatic carbocycles. The minimum absolute atomic E-state index is 0.0532. The van der Waals surface area contributed by atoms with Crippen LogP contribution in [0.25, 0.3) is 6.08 Å². The fraction of sp³-hybridized carbons (Fsp3) is 0.235. The van der Waals surface area contributed by atoms with Gasteiger partial charge in [0, 0.05) is 44.6 Å². The zero-order chi connectivity index (χ0) is 15.2. The highest BCUT2D eigenvalue weighted by Crippen LogP contribution is 2.10. The lowest BCUT2D eigenvalue weighted by molar-refractivity contribution is -0.126. The van der Waals surface area contributed by atoms with Gasteiger partial charge in [-0.05, 0) is 17.7 Å². The highest BCUT2D eigenvalue weighted by atomic mass is 16.2. The molecule has 5 heteroatoms. The topological polar surface area (TPSA) is 49.3 Å². The van der Waals surface area contributed by atoms with Gasteiger partial charge >= 0.3 is 0 Å². The standard InChI is InChI=1S/C17H18N4O/c22-16(8-7-15-5-2-1-3-6-15)20-11-13-21(14-12-20)17-18-9-4-10-19-17/h1-10H,11-14H2. The van der Waals surface area contributed by atoms with E-state index in [4.69, 9.17) is 0 Å². The molecule has 1 aliphatic heterocycles. The molecule has 0 atom stereocenters. The minimum Gasteiger partial charge on any atom is -0.337 e. The second-order valence-corrected chi connectivity index (χ2v) is 5.11. The third-order valence-electron chi connectivity index (χ3n) is 3.64. The van der Waals surface area contributed by atoms with Gasteiger partial charge < -0.3 is 9.80 Å². The van der Waals surface area contributed by atoms with Crippen LogP contribution in [-0.2, 0) is 4.79 Å². The van der Waals surface area contributed by atoms with E-state index >= 15 is 0 Å². The molecule has 5 nitrogen and oxygen atoms in total. The van der Waals surface area contributed by atoms with Gasteiger partial charge in [-0.1, -0.05) is 30.3 Å². The molecule has 1 saturated heterocycles. The maximum absolute atomic E-state index is 12.2. The van der Waals surface area contributed by atoms with Crippen LogP contribution in [0, 0.1) is 0 Å². The molecule has 0 unspecified atom stereocenters. The van der Waals surface area contributed by atoms with Gasteiger partial charge in [0.2, 0.25) is 11.9 Å². The van der Waals surface area contributed by atoms with Gasteiger partial charge in [0.1, 0.15) is 0 Å². The Hall–Kier alpha value is -2.69. The Balaban J connectivity index is 1.55. The van der Waals surface area contributed by atoms with E-state index in [0.29, 0.717) is 13.1 Å². The molecule has 22 heavy (non-hydrogen) atoms. The van der Waals surface area contributed by atoms with Crippen LogP contribution in [0.1, 0.15) is 5.56 Å². The van der Waals surface area contributed by atoms with Gasteiger partial charge in [-0.2, -0.15) is 0 Å². The molecule has 0 N–H and O–H groups in total. The Kier molecular flexibility index (Phi) is 4.44. The lowest BCUT2D eigenvalue weighted by Gasteiger charge is -2.34. The van der Waals surface area contributed by atoms with Crippen molar-refractivity contribution in [1.82, 2.24) is 14.9 Å². The monoisotopic (exact) mass is 294 g/mol. The summed E-state index contributed by atoms with van der Waals surface area (Å²) in [6, 6.07) is 11.6. The van der Waals surface area contributed by atoms with Crippen molar-refractivity contribution < 1.29 is 4.79 Å². The first-order valence-corrected chi connectivity index (χ1v) is 7.37. The molecular formula is C17H18N4O. The number of piperazine rings is 1. The number of benzene rings is 1. The van der Waals surface area contributed by atoms with E-state index in [1.54, 1.807) is 24.5 Å². The van der Waals surface area contributed by atoms with Crippen molar-refractivity contribution in [2.24, 2.45) is 0 Å². The second kappa shape index (κ2) is 6.85. The van der Waals surface area contributed by atoms with E-state index in [9.17, 15) is 4.79 Å². The summed E-state index contributed by atoms with van der Waals surface area (Å²) in [5, 5.41) is 0. The lowest BCUT2D eigenvalue weighted by atomic mass is 10.2. The fourth-order valence-corrected chi connectivity index (χ4v) is 2.42. The lowest BCUT2D eigenvalue weighted by Crippen LogP contribution is -2.48. The molecule has 1 aliphatic rings. The average molecular weight is 294 g/mol. The van der Waals surface area contributed by atoms with E-state index < -0.39 is 0 Å². The van der Waals surface area contributed by atoms with Crippen LogP contribution in [0.3, 0.4) is 0 Å². The molecule has 112 valence electrons. The first-order chi connectivity index (χ1) is 10.8. The summed E-state index contributed by atoms with van der Waals surface area (Å²) < 4.78 is 0. The minimum atomic E-state index is 0.0532. The summed E-state index contributed by atoms with van der Waals surface area (Å²) in [5.41, 5.74) is 1.03. The van der Waals surface area contributed by atoms with Gasteiger partial charge in [-0.3, -0.25) is 4.79 Å². The zero-order valence-electron chi connectivity index (χ0n) is 12.3. The molecule has 0 saturated carbocycles.